The zero-order valence-corrected chi connectivity index (χ0v) is 14.7. The van der Waals surface area contributed by atoms with Crippen molar-refractivity contribution in [2.45, 2.75) is 12.5 Å². The Bertz CT molecular complexity index is 1050. The molecule has 4 heteroatoms. The van der Waals surface area contributed by atoms with Crippen LogP contribution in [0.2, 0.25) is 0 Å². The van der Waals surface area contributed by atoms with Gasteiger partial charge in [-0.25, -0.2) is 4.98 Å². The smallest absolute Gasteiger partial charge is 0.270 e. The Kier molecular flexibility index (Phi) is 4.88. The molecule has 2 heterocycles. The first-order valence-corrected chi connectivity index (χ1v) is 8.90. The van der Waals surface area contributed by atoms with E-state index in [-0.39, 0.29) is 11.9 Å². The van der Waals surface area contributed by atoms with Crippen LogP contribution in [0.5, 0.6) is 0 Å². The van der Waals surface area contributed by atoms with Crippen molar-refractivity contribution in [3.63, 3.8) is 0 Å². The molecule has 0 aliphatic rings. The highest BCUT2D eigenvalue weighted by Gasteiger charge is 2.17. The maximum atomic E-state index is 12.9. The fourth-order valence-electron chi connectivity index (χ4n) is 3.11. The molecule has 132 valence electrons. The lowest BCUT2D eigenvalue weighted by Crippen LogP contribution is -2.30. The number of nitrogens with zero attached hydrogens (tertiary/aromatic N) is 2. The maximum Gasteiger partial charge on any atom is 0.270 e. The second-order valence-electron chi connectivity index (χ2n) is 6.39. The normalized spacial score (nSPS) is 11.9. The van der Waals surface area contributed by atoms with E-state index >= 15 is 0 Å². The molecule has 0 saturated heterocycles. The Morgan fingerprint density at radius 2 is 1.63 bits per heavy atom. The van der Waals surface area contributed by atoms with Gasteiger partial charge in [-0.05, 0) is 35.7 Å². The molecular formula is C23H19N3O. The zero-order valence-electron chi connectivity index (χ0n) is 14.7. The molecule has 0 spiro atoms. The lowest BCUT2D eigenvalue weighted by molar-refractivity contribution is 0.0932. The molecule has 1 unspecified atom stereocenters. The largest absolute Gasteiger partial charge is 0.344 e. The van der Waals surface area contributed by atoms with Gasteiger partial charge < -0.3 is 5.32 Å². The van der Waals surface area contributed by atoms with Gasteiger partial charge in [0, 0.05) is 17.8 Å². The third kappa shape index (κ3) is 4.01. The predicted molar refractivity (Wildman–Crippen MR) is 106 cm³/mol. The van der Waals surface area contributed by atoms with Gasteiger partial charge in [-0.2, -0.15) is 0 Å². The molecule has 0 fully saturated rings. The molecule has 2 aromatic carbocycles. The summed E-state index contributed by atoms with van der Waals surface area (Å²) in [4.78, 5) is 21.4. The van der Waals surface area contributed by atoms with Gasteiger partial charge in [-0.1, -0.05) is 60.7 Å². The van der Waals surface area contributed by atoms with E-state index < -0.39 is 0 Å². The second kappa shape index (κ2) is 7.79. The number of hydrogen-bond donors (Lipinski definition) is 1. The Hall–Kier alpha value is -3.53. The molecule has 27 heavy (non-hydrogen) atoms. The Labute approximate surface area is 157 Å². The zero-order chi connectivity index (χ0) is 18.5. The van der Waals surface area contributed by atoms with Crippen molar-refractivity contribution in [3.05, 3.63) is 108 Å². The average molecular weight is 353 g/mol. The number of carbonyl (C=O) groups excluding carboxylic acids is 1. The van der Waals surface area contributed by atoms with Crippen molar-refractivity contribution in [2.75, 3.05) is 0 Å². The van der Waals surface area contributed by atoms with Crippen LogP contribution in [0.15, 0.2) is 91.3 Å². The third-order valence-electron chi connectivity index (χ3n) is 4.51. The molecule has 4 nitrogen and oxygen atoms in total. The maximum absolute atomic E-state index is 12.9. The second-order valence-corrected chi connectivity index (χ2v) is 6.39. The van der Waals surface area contributed by atoms with E-state index in [1.807, 2.05) is 60.7 Å². The Morgan fingerprint density at radius 3 is 2.41 bits per heavy atom. The molecule has 0 radical (unpaired) electrons. The highest BCUT2D eigenvalue weighted by molar-refractivity contribution is 5.95. The van der Waals surface area contributed by atoms with E-state index in [1.165, 1.54) is 5.56 Å². The standard InChI is InChI=1S/C23H19N3O/c27-23(21-12-11-19-16-24-14-13-20(19)25-21)26-22(18-9-5-2-6-10-18)15-17-7-3-1-4-8-17/h1-14,16,22H,15H2,(H,26,27). The quantitative estimate of drug-likeness (QED) is 0.580. The summed E-state index contributed by atoms with van der Waals surface area (Å²) in [5.74, 6) is -0.182. The minimum atomic E-state index is -0.182. The van der Waals surface area contributed by atoms with Crippen LogP contribution in [-0.2, 0) is 6.42 Å². The Morgan fingerprint density at radius 1 is 0.889 bits per heavy atom. The molecule has 0 aliphatic heterocycles. The van der Waals surface area contributed by atoms with Gasteiger partial charge in [0.05, 0.1) is 11.6 Å². The summed E-state index contributed by atoms with van der Waals surface area (Å²) in [5.41, 5.74) is 3.41. The van der Waals surface area contributed by atoms with E-state index in [2.05, 4.69) is 27.4 Å². The number of hydrogen-bond acceptors (Lipinski definition) is 3. The first-order valence-electron chi connectivity index (χ1n) is 8.90. The van der Waals surface area contributed by atoms with E-state index in [0.717, 1.165) is 16.5 Å². The van der Waals surface area contributed by atoms with Crippen LogP contribution in [0, 0.1) is 0 Å². The van der Waals surface area contributed by atoms with Crippen molar-refractivity contribution in [2.24, 2.45) is 0 Å². The van der Waals surface area contributed by atoms with Gasteiger partial charge in [-0.15, -0.1) is 0 Å². The van der Waals surface area contributed by atoms with Crippen molar-refractivity contribution in [3.8, 4) is 0 Å². The molecule has 1 atom stereocenters. The Balaban J connectivity index is 1.60. The summed E-state index contributed by atoms with van der Waals surface area (Å²) in [5, 5.41) is 4.06. The summed E-state index contributed by atoms with van der Waals surface area (Å²) >= 11 is 0. The number of aromatic nitrogens is 2. The van der Waals surface area contributed by atoms with Crippen molar-refractivity contribution in [1.29, 1.82) is 0 Å². The summed E-state index contributed by atoms with van der Waals surface area (Å²) in [6.45, 7) is 0. The van der Waals surface area contributed by atoms with Crippen LogP contribution in [0.4, 0.5) is 0 Å². The number of rotatable bonds is 5. The lowest BCUT2D eigenvalue weighted by Gasteiger charge is -2.19. The minimum Gasteiger partial charge on any atom is -0.344 e. The molecule has 1 amide bonds. The number of nitrogens with one attached hydrogen (secondary N) is 1. The van der Waals surface area contributed by atoms with Gasteiger partial charge in [0.1, 0.15) is 5.69 Å². The summed E-state index contributed by atoms with van der Waals surface area (Å²) in [7, 11) is 0. The SMILES string of the molecule is O=C(NC(Cc1ccccc1)c1ccccc1)c1ccc2cnccc2n1. The molecule has 0 bridgehead atoms. The summed E-state index contributed by atoms with van der Waals surface area (Å²) in [6.07, 6.45) is 4.14. The first kappa shape index (κ1) is 16.9. The molecular weight excluding hydrogens is 334 g/mol. The highest BCUT2D eigenvalue weighted by Crippen LogP contribution is 2.19. The van der Waals surface area contributed by atoms with Crippen LogP contribution in [0.25, 0.3) is 10.9 Å². The first-order chi connectivity index (χ1) is 13.3. The third-order valence-corrected chi connectivity index (χ3v) is 4.51. The van der Waals surface area contributed by atoms with Crippen LogP contribution in [0.3, 0.4) is 0 Å². The number of carbonyl (C=O) groups is 1. The van der Waals surface area contributed by atoms with Gasteiger partial charge in [-0.3, -0.25) is 9.78 Å². The minimum absolute atomic E-state index is 0.129. The number of benzene rings is 2. The van der Waals surface area contributed by atoms with Crippen molar-refractivity contribution >= 4 is 16.8 Å². The molecule has 4 rings (SSSR count). The topological polar surface area (TPSA) is 54.9 Å². The molecule has 4 aromatic rings. The number of amides is 1. The van der Waals surface area contributed by atoms with Crippen LogP contribution < -0.4 is 5.32 Å². The van der Waals surface area contributed by atoms with Gasteiger partial charge in [0.15, 0.2) is 0 Å². The van der Waals surface area contributed by atoms with Gasteiger partial charge in [0.25, 0.3) is 5.91 Å². The van der Waals surface area contributed by atoms with Crippen LogP contribution >= 0.6 is 0 Å². The predicted octanol–water partition coefficient (Wildman–Crippen LogP) is 4.34. The lowest BCUT2D eigenvalue weighted by atomic mass is 9.98. The van der Waals surface area contributed by atoms with Crippen molar-refractivity contribution in [1.82, 2.24) is 15.3 Å². The molecule has 0 aliphatic carbocycles. The molecule has 1 N–H and O–H groups in total. The van der Waals surface area contributed by atoms with E-state index in [4.69, 9.17) is 0 Å². The summed E-state index contributed by atoms with van der Waals surface area (Å²) < 4.78 is 0. The fourth-order valence-corrected chi connectivity index (χ4v) is 3.11. The van der Waals surface area contributed by atoms with Crippen LogP contribution in [-0.4, -0.2) is 15.9 Å². The van der Waals surface area contributed by atoms with E-state index in [1.54, 1.807) is 18.5 Å². The monoisotopic (exact) mass is 353 g/mol. The summed E-state index contributed by atoms with van der Waals surface area (Å²) in [6, 6.07) is 25.5. The number of pyridine rings is 2. The van der Waals surface area contributed by atoms with Gasteiger partial charge in [0.2, 0.25) is 0 Å². The highest BCUT2D eigenvalue weighted by atomic mass is 16.1. The number of fused-ring (bicyclic) bond motifs is 1. The fraction of sp³-hybridized carbons (Fsp3) is 0.0870. The molecule has 0 saturated carbocycles. The van der Waals surface area contributed by atoms with Gasteiger partial charge >= 0.3 is 0 Å². The van der Waals surface area contributed by atoms with E-state index in [9.17, 15) is 4.79 Å². The van der Waals surface area contributed by atoms with Crippen molar-refractivity contribution < 1.29 is 4.79 Å². The molecule has 2 aromatic heterocycles. The van der Waals surface area contributed by atoms with E-state index in [0.29, 0.717) is 12.1 Å². The van der Waals surface area contributed by atoms with Crippen LogP contribution in [0.1, 0.15) is 27.7 Å². The average Bonchev–Trinajstić information content (AvgIpc) is 2.74.